The molecule has 2 aromatic rings. The van der Waals surface area contributed by atoms with Gasteiger partial charge in [0.2, 0.25) is 15.9 Å². The molecule has 9 heteroatoms. The van der Waals surface area contributed by atoms with Crippen LogP contribution >= 0.6 is 11.6 Å². The monoisotopic (exact) mass is 456 g/mol. The van der Waals surface area contributed by atoms with Gasteiger partial charge in [0.1, 0.15) is 0 Å². The zero-order valence-electron chi connectivity index (χ0n) is 16.7. The first-order chi connectivity index (χ1) is 14.1. The Balaban J connectivity index is 1.64. The molecule has 1 saturated heterocycles. The van der Waals surface area contributed by atoms with Crippen LogP contribution in [0.25, 0.3) is 0 Å². The van der Waals surface area contributed by atoms with E-state index >= 15 is 0 Å². The molecule has 0 unspecified atom stereocenters. The van der Waals surface area contributed by atoms with Gasteiger partial charge in [-0.1, -0.05) is 17.7 Å². The average molecular weight is 457 g/mol. The fourth-order valence-electron chi connectivity index (χ4n) is 3.57. The summed E-state index contributed by atoms with van der Waals surface area (Å²) in [5.41, 5.74) is 0.493. The van der Waals surface area contributed by atoms with E-state index < -0.39 is 27.7 Å². The first kappa shape index (κ1) is 22.7. The van der Waals surface area contributed by atoms with Gasteiger partial charge >= 0.3 is 0 Å². The van der Waals surface area contributed by atoms with Crippen LogP contribution in [0.1, 0.15) is 31.4 Å². The number of hydrogen-bond acceptors (Lipinski definition) is 3. The van der Waals surface area contributed by atoms with E-state index in [-0.39, 0.29) is 29.8 Å². The van der Waals surface area contributed by atoms with Crippen molar-refractivity contribution in [3.8, 4) is 0 Å². The van der Waals surface area contributed by atoms with Gasteiger partial charge in [-0.15, -0.1) is 0 Å². The summed E-state index contributed by atoms with van der Waals surface area (Å²) in [5.74, 6) is -2.37. The molecule has 1 aliphatic rings. The van der Waals surface area contributed by atoms with Crippen LogP contribution in [-0.2, 0) is 14.8 Å². The summed E-state index contributed by atoms with van der Waals surface area (Å²) in [6, 6.07) is 9.12. The third-order valence-electron chi connectivity index (χ3n) is 5.61. The molecule has 0 spiro atoms. The number of carbonyl (C=O) groups is 1. The molecule has 0 aliphatic carbocycles. The van der Waals surface area contributed by atoms with Gasteiger partial charge in [0.05, 0.1) is 10.9 Å². The quantitative estimate of drug-likeness (QED) is 0.676. The van der Waals surface area contributed by atoms with Crippen LogP contribution in [0.15, 0.2) is 47.4 Å². The van der Waals surface area contributed by atoms with Crippen LogP contribution < -0.4 is 0 Å². The van der Waals surface area contributed by atoms with Crippen LogP contribution in [0, 0.1) is 17.6 Å². The molecule has 162 valence electrons. The Morgan fingerprint density at radius 2 is 1.70 bits per heavy atom. The Hall–Kier alpha value is -2.03. The van der Waals surface area contributed by atoms with Crippen LogP contribution in [-0.4, -0.2) is 43.7 Å². The normalized spacial score (nSPS) is 17.0. The third-order valence-corrected chi connectivity index (χ3v) is 7.77. The molecule has 30 heavy (non-hydrogen) atoms. The van der Waals surface area contributed by atoms with Crippen molar-refractivity contribution in [3.05, 3.63) is 64.7 Å². The highest BCUT2D eigenvalue weighted by atomic mass is 35.5. The average Bonchev–Trinajstić information content (AvgIpc) is 2.74. The largest absolute Gasteiger partial charge is 0.339 e. The fourth-order valence-corrected chi connectivity index (χ4v) is 5.17. The number of amides is 1. The Labute approximate surface area is 180 Å². The highest BCUT2D eigenvalue weighted by molar-refractivity contribution is 7.89. The maximum Gasteiger partial charge on any atom is 0.243 e. The maximum atomic E-state index is 13.5. The minimum Gasteiger partial charge on any atom is -0.339 e. The summed E-state index contributed by atoms with van der Waals surface area (Å²) in [6.45, 7) is 2.20. The summed E-state index contributed by atoms with van der Waals surface area (Å²) >= 11 is 5.83. The SMILES string of the molecule is C[C@H](c1ccc(F)c(F)c1)N(C)C(=O)C1CCN(S(=O)(=O)c2ccc(Cl)cc2)CC1. The number of hydrogen-bond donors (Lipinski definition) is 0. The molecule has 5 nitrogen and oxygen atoms in total. The zero-order chi connectivity index (χ0) is 22.1. The lowest BCUT2D eigenvalue weighted by Crippen LogP contribution is -2.43. The Kier molecular flexibility index (Phi) is 6.79. The molecule has 1 fully saturated rings. The third kappa shape index (κ3) is 4.66. The lowest BCUT2D eigenvalue weighted by molar-refractivity contribution is -0.137. The zero-order valence-corrected chi connectivity index (χ0v) is 18.3. The van der Waals surface area contributed by atoms with Crippen molar-refractivity contribution in [1.29, 1.82) is 0 Å². The molecule has 1 atom stereocenters. The lowest BCUT2D eigenvalue weighted by Gasteiger charge is -2.34. The number of piperidine rings is 1. The molecule has 0 radical (unpaired) electrons. The molecule has 0 aromatic heterocycles. The second kappa shape index (κ2) is 8.99. The Morgan fingerprint density at radius 1 is 1.10 bits per heavy atom. The lowest BCUT2D eigenvalue weighted by atomic mass is 9.95. The summed E-state index contributed by atoms with van der Waals surface area (Å²) in [7, 11) is -2.03. The van der Waals surface area contributed by atoms with E-state index in [0.29, 0.717) is 23.4 Å². The minimum absolute atomic E-state index is 0.143. The van der Waals surface area contributed by atoms with Gasteiger partial charge in [-0.3, -0.25) is 4.79 Å². The molecule has 0 saturated carbocycles. The van der Waals surface area contributed by atoms with Gasteiger partial charge in [-0.05, 0) is 61.7 Å². The van der Waals surface area contributed by atoms with E-state index in [2.05, 4.69) is 0 Å². The molecule has 0 bridgehead atoms. The van der Waals surface area contributed by atoms with E-state index in [1.165, 1.54) is 39.5 Å². The molecule has 1 aliphatic heterocycles. The molecular weight excluding hydrogens is 434 g/mol. The molecule has 1 amide bonds. The minimum atomic E-state index is -3.64. The van der Waals surface area contributed by atoms with Crippen LogP contribution in [0.3, 0.4) is 0 Å². The predicted molar refractivity (Wildman–Crippen MR) is 110 cm³/mol. The number of benzene rings is 2. The molecular formula is C21H23ClF2N2O3S. The van der Waals surface area contributed by atoms with Crippen molar-refractivity contribution in [2.24, 2.45) is 5.92 Å². The van der Waals surface area contributed by atoms with Crippen molar-refractivity contribution in [2.45, 2.75) is 30.7 Å². The van der Waals surface area contributed by atoms with Crippen molar-refractivity contribution >= 4 is 27.5 Å². The molecule has 2 aromatic carbocycles. The molecule has 3 rings (SSSR count). The standard InChI is InChI=1S/C21H23ClF2N2O3S/c1-14(16-3-8-19(23)20(24)13-16)25(2)21(27)15-9-11-26(12-10-15)30(28,29)18-6-4-17(22)5-7-18/h3-8,13-15H,9-12H2,1-2H3/t14-/m1/s1. The van der Waals surface area contributed by atoms with E-state index in [0.717, 1.165) is 12.1 Å². The highest BCUT2D eigenvalue weighted by Crippen LogP contribution is 2.28. The van der Waals surface area contributed by atoms with E-state index in [9.17, 15) is 22.0 Å². The van der Waals surface area contributed by atoms with Gasteiger partial charge in [0.25, 0.3) is 0 Å². The van der Waals surface area contributed by atoms with Crippen LogP contribution in [0.2, 0.25) is 5.02 Å². The molecule has 1 heterocycles. The number of carbonyl (C=O) groups excluding carboxylic acids is 1. The highest BCUT2D eigenvalue weighted by Gasteiger charge is 2.34. The topological polar surface area (TPSA) is 57.7 Å². The summed E-state index contributed by atoms with van der Waals surface area (Å²) in [4.78, 5) is 14.6. The van der Waals surface area contributed by atoms with Gasteiger partial charge in [0, 0.05) is 31.1 Å². The van der Waals surface area contributed by atoms with Gasteiger partial charge in [0.15, 0.2) is 11.6 Å². The van der Waals surface area contributed by atoms with Crippen molar-refractivity contribution in [1.82, 2.24) is 9.21 Å². The van der Waals surface area contributed by atoms with Crippen molar-refractivity contribution < 1.29 is 22.0 Å². The molecule has 0 N–H and O–H groups in total. The van der Waals surface area contributed by atoms with Crippen molar-refractivity contribution in [3.63, 3.8) is 0 Å². The predicted octanol–water partition coefficient (Wildman–Crippen LogP) is 4.24. The number of rotatable bonds is 5. The van der Waals surface area contributed by atoms with Crippen molar-refractivity contribution in [2.75, 3.05) is 20.1 Å². The Morgan fingerprint density at radius 3 is 2.27 bits per heavy atom. The smallest absolute Gasteiger partial charge is 0.243 e. The van der Waals surface area contributed by atoms with Gasteiger partial charge in [-0.2, -0.15) is 4.31 Å². The van der Waals surface area contributed by atoms with E-state index in [1.807, 2.05) is 0 Å². The second-order valence-electron chi connectivity index (χ2n) is 7.43. The summed E-state index contributed by atoms with van der Waals surface area (Å²) in [6.07, 6.45) is 0.779. The number of nitrogens with zero attached hydrogens (tertiary/aromatic N) is 2. The van der Waals surface area contributed by atoms with E-state index in [1.54, 1.807) is 14.0 Å². The van der Waals surface area contributed by atoms with Crippen LogP contribution in [0.4, 0.5) is 8.78 Å². The van der Waals surface area contributed by atoms with E-state index in [4.69, 9.17) is 11.6 Å². The number of sulfonamides is 1. The first-order valence-corrected chi connectivity index (χ1v) is 11.4. The summed E-state index contributed by atoms with van der Waals surface area (Å²) < 4.78 is 53.6. The fraction of sp³-hybridized carbons (Fsp3) is 0.381. The van der Waals surface area contributed by atoms with Gasteiger partial charge in [-0.25, -0.2) is 17.2 Å². The summed E-state index contributed by atoms with van der Waals surface area (Å²) in [5, 5.41) is 0.455. The van der Waals surface area contributed by atoms with Gasteiger partial charge < -0.3 is 4.90 Å². The number of halogens is 3. The maximum absolute atomic E-state index is 13.5. The Bertz CT molecular complexity index is 1020. The first-order valence-electron chi connectivity index (χ1n) is 9.58. The second-order valence-corrected chi connectivity index (χ2v) is 9.81. The van der Waals surface area contributed by atoms with Crippen LogP contribution in [0.5, 0.6) is 0 Å².